The maximum atomic E-state index is 9.79. The summed E-state index contributed by atoms with van der Waals surface area (Å²) in [6.45, 7) is 6.88. The van der Waals surface area contributed by atoms with E-state index in [1.807, 2.05) is 6.92 Å². The van der Waals surface area contributed by atoms with Crippen molar-refractivity contribution in [2.45, 2.75) is 71.0 Å². The van der Waals surface area contributed by atoms with E-state index in [0.717, 1.165) is 38.5 Å². The molecular formula is C16H36O5. The highest BCUT2D eigenvalue weighted by Gasteiger charge is 2.33. The molecule has 0 radical (unpaired) electrons. The molecule has 0 spiro atoms. The van der Waals surface area contributed by atoms with E-state index in [9.17, 15) is 5.11 Å². The predicted molar refractivity (Wildman–Crippen MR) is 85.5 cm³/mol. The molecule has 0 aliphatic heterocycles. The molecule has 0 saturated heterocycles. The standard InChI is InChI=1S/C12H26O2.C4H10O3/c1-5-7-9-12(14-4,11(3)13)10-8-6-2;5-1-3-7-4-2-6/h11,13H,5-10H2,1-4H3;5-6H,1-4H2. The van der Waals surface area contributed by atoms with Gasteiger partial charge in [-0.05, 0) is 19.8 Å². The molecule has 0 heterocycles. The van der Waals surface area contributed by atoms with Crippen LogP contribution in [0.4, 0.5) is 0 Å². The Morgan fingerprint density at radius 3 is 1.62 bits per heavy atom. The topological polar surface area (TPSA) is 79.2 Å². The first-order chi connectivity index (χ1) is 10.0. The third-order valence-corrected chi connectivity index (χ3v) is 3.55. The van der Waals surface area contributed by atoms with Gasteiger partial charge >= 0.3 is 0 Å². The van der Waals surface area contributed by atoms with E-state index in [-0.39, 0.29) is 24.9 Å². The van der Waals surface area contributed by atoms with Crippen molar-refractivity contribution in [3.8, 4) is 0 Å². The fourth-order valence-electron chi connectivity index (χ4n) is 2.10. The summed E-state index contributed by atoms with van der Waals surface area (Å²) in [5, 5.41) is 26.0. The molecular weight excluding hydrogens is 272 g/mol. The maximum absolute atomic E-state index is 9.79. The molecule has 0 aromatic carbocycles. The second-order valence-corrected chi connectivity index (χ2v) is 5.21. The Labute approximate surface area is 130 Å². The Bertz CT molecular complexity index is 185. The fourth-order valence-corrected chi connectivity index (χ4v) is 2.10. The molecule has 0 amide bonds. The van der Waals surface area contributed by atoms with Gasteiger partial charge < -0.3 is 24.8 Å². The molecule has 0 aromatic heterocycles. The Balaban J connectivity index is 0. The highest BCUT2D eigenvalue weighted by Crippen LogP contribution is 2.28. The number of ether oxygens (including phenoxy) is 2. The smallest absolute Gasteiger partial charge is 0.0933 e. The van der Waals surface area contributed by atoms with Crippen molar-refractivity contribution >= 4 is 0 Å². The third kappa shape index (κ3) is 12.1. The van der Waals surface area contributed by atoms with E-state index in [2.05, 4.69) is 18.6 Å². The van der Waals surface area contributed by atoms with Crippen molar-refractivity contribution in [3.05, 3.63) is 0 Å². The van der Waals surface area contributed by atoms with Gasteiger partial charge in [-0.3, -0.25) is 0 Å². The van der Waals surface area contributed by atoms with Gasteiger partial charge in [0.2, 0.25) is 0 Å². The van der Waals surface area contributed by atoms with Crippen LogP contribution in [0.1, 0.15) is 59.3 Å². The van der Waals surface area contributed by atoms with Crippen molar-refractivity contribution in [3.63, 3.8) is 0 Å². The van der Waals surface area contributed by atoms with E-state index in [1.165, 1.54) is 0 Å². The van der Waals surface area contributed by atoms with E-state index >= 15 is 0 Å². The first kappa shape index (κ1) is 23.1. The van der Waals surface area contributed by atoms with Crippen LogP contribution in [-0.2, 0) is 9.47 Å². The van der Waals surface area contributed by atoms with Gasteiger partial charge in [-0.15, -0.1) is 0 Å². The average molecular weight is 308 g/mol. The van der Waals surface area contributed by atoms with Crippen LogP contribution in [-0.4, -0.2) is 60.6 Å². The normalized spacial score (nSPS) is 12.7. The van der Waals surface area contributed by atoms with Crippen LogP contribution in [0.3, 0.4) is 0 Å². The molecule has 130 valence electrons. The van der Waals surface area contributed by atoms with Crippen LogP contribution < -0.4 is 0 Å². The zero-order valence-corrected chi connectivity index (χ0v) is 14.3. The van der Waals surface area contributed by atoms with Gasteiger partial charge in [-0.1, -0.05) is 39.5 Å². The molecule has 0 aromatic rings. The summed E-state index contributed by atoms with van der Waals surface area (Å²) < 4.78 is 10.2. The van der Waals surface area contributed by atoms with Gasteiger partial charge in [0.05, 0.1) is 38.1 Å². The lowest BCUT2D eigenvalue weighted by Crippen LogP contribution is -2.42. The molecule has 0 rings (SSSR count). The molecule has 0 fully saturated rings. The van der Waals surface area contributed by atoms with Crippen molar-refractivity contribution in [2.75, 3.05) is 33.5 Å². The molecule has 1 atom stereocenters. The first-order valence-electron chi connectivity index (χ1n) is 8.07. The van der Waals surface area contributed by atoms with Crippen LogP contribution >= 0.6 is 0 Å². The molecule has 0 aliphatic rings. The Morgan fingerprint density at radius 2 is 1.38 bits per heavy atom. The Hall–Kier alpha value is -0.200. The van der Waals surface area contributed by atoms with Gasteiger partial charge in [-0.25, -0.2) is 0 Å². The minimum absolute atomic E-state index is 0.0278. The number of unbranched alkanes of at least 4 members (excludes halogenated alkanes) is 2. The van der Waals surface area contributed by atoms with E-state index in [1.54, 1.807) is 7.11 Å². The summed E-state index contributed by atoms with van der Waals surface area (Å²) in [7, 11) is 1.72. The van der Waals surface area contributed by atoms with Gasteiger partial charge in [0, 0.05) is 7.11 Å². The summed E-state index contributed by atoms with van der Waals surface area (Å²) in [5.41, 5.74) is -0.300. The van der Waals surface area contributed by atoms with Crippen LogP contribution in [0.5, 0.6) is 0 Å². The summed E-state index contributed by atoms with van der Waals surface area (Å²) in [6, 6.07) is 0. The third-order valence-electron chi connectivity index (χ3n) is 3.55. The summed E-state index contributed by atoms with van der Waals surface area (Å²) in [5.74, 6) is 0. The van der Waals surface area contributed by atoms with Crippen molar-refractivity contribution < 1.29 is 24.8 Å². The SMILES string of the molecule is CCCCC(CCCC)(OC)C(C)O.OCCOCCO. The Kier molecular flexibility index (Phi) is 17.8. The van der Waals surface area contributed by atoms with Crippen molar-refractivity contribution in [2.24, 2.45) is 0 Å². The summed E-state index contributed by atoms with van der Waals surface area (Å²) in [4.78, 5) is 0. The number of aliphatic hydroxyl groups excluding tert-OH is 3. The maximum Gasteiger partial charge on any atom is 0.0933 e. The van der Waals surface area contributed by atoms with E-state index in [0.29, 0.717) is 13.2 Å². The largest absolute Gasteiger partial charge is 0.394 e. The number of hydrogen-bond acceptors (Lipinski definition) is 5. The second-order valence-electron chi connectivity index (χ2n) is 5.21. The average Bonchev–Trinajstić information content (AvgIpc) is 2.49. The number of aliphatic hydroxyl groups is 3. The monoisotopic (exact) mass is 308 g/mol. The summed E-state index contributed by atoms with van der Waals surface area (Å²) >= 11 is 0. The molecule has 0 saturated carbocycles. The zero-order valence-electron chi connectivity index (χ0n) is 14.3. The highest BCUT2D eigenvalue weighted by atomic mass is 16.5. The molecule has 5 nitrogen and oxygen atoms in total. The molecule has 0 bridgehead atoms. The van der Waals surface area contributed by atoms with E-state index < -0.39 is 0 Å². The predicted octanol–water partition coefficient (Wildman–Crippen LogP) is 2.12. The minimum Gasteiger partial charge on any atom is -0.394 e. The summed E-state index contributed by atoms with van der Waals surface area (Å²) in [6.07, 6.45) is 6.14. The van der Waals surface area contributed by atoms with Crippen LogP contribution in [0.25, 0.3) is 0 Å². The molecule has 0 aliphatic carbocycles. The fraction of sp³-hybridized carbons (Fsp3) is 1.00. The lowest BCUT2D eigenvalue weighted by atomic mass is 9.86. The van der Waals surface area contributed by atoms with Gasteiger partial charge in [0.25, 0.3) is 0 Å². The van der Waals surface area contributed by atoms with E-state index in [4.69, 9.17) is 14.9 Å². The van der Waals surface area contributed by atoms with Crippen LogP contribution in [0.15, 0.2) is 0 Å². The minimum atomic E-state index is -0.370. The lowest BCUT2D eigenvalue weighted by Gasteiger charge is -2.35. The molecule has 21 heavy (non-hydrogen) atoms. The number of hydrogen-bond donors (Lipinski definition) is 3. The van der Waals surface area contributed by atoms with Crippen molar-refractivity contribution in [1.29, 1.82) is 0 Å². The highest BCUT2D eigenvalue weighted by molar-refractivity contribution is 4.85. The first-order valence-corrected chi connectivity index (χ1v) is 8.07. The molecule has 3 N–H and O–H groups in total. The van der Waals surface area contributed by atoms with Crippen LogP contribution in [0.2, 0.25) is 0 Å². The van der Waals surface area contributed by atoms with Gasteiger partial charge in [-0.2, -0.15) is 0 Å². The number of methoxy groups -OCH3 is 1. The quantitative estimate of drug-likeness (QED) is 0.481. The van der Waals surface area contributed by atoms with Crippen LogP contribution in [0, 0.1) is 0 Å². The Morgan fingerprint density at radius 1 is 0.952 bits per heavy atom. The van der Waals surface area contributed by atoms with Gasteiger partial charge in [0.1, 0.15) is 0 Å². The van der Waals surface area contributed by atoms with Crippen molar-refractivity contribution in [1.82, 2.24) is 0 Å². The molecule has 1 unspecified atom stereocenters. The number of rotatable bonds is 12. The lowest BCUT2D eigenvalue weighted by molar-refractivity contribution is -0.107. The molecule has 5 heteroatoms. The zero-order chi connectivity index (χ0) is 16.6. The van der Waals surface area contributed by atoms with Gasteiger partial charge in [0.15, 0.2) is 0 Å². The second kappa shape index (κ2) is 16.2.